The molecule has 30 heavy (non-hydrogen) atoms. The smallest absolute Gasteiger partial charge is 0.244 e. The summed E-state index contributed by atoms with van der Waals surface area (Å²) in [6.07, 6.45) is 1.45. The second kappa shape index (κ2) is 8.95. The first-order valence-electron chi connectivity index (χ1n) is 9.96. The number of carbonyl (C=O) groups is 1. The van der Waals surface area contributed by atoms with Crippen molar-refractivity contribution in [1.82, 2.24) is 5.32 Å². The highest BCUT2D eigenvalue weighted by Gasteiger charge is 2.32. The second-order valence-electron chi connectivity index (χ2n) is 7.45. The SMILES string of the molecule is CC[C@H](C(=O)N[C@@H](C)c1ccc2c(c1)OCCO2)N(c1ccc(C)cc1)S(C)(=O)=O. The molecule has 162 valence electrons. The molecule has 7 nitrogen and oxygen atoms in total. The van der Waals surface area contributed by atoms with Gasteiger partial charge >= 0.3 is 0 Å². The van der Waals surface area contributed by atoms with E-state index in [1.165, 1.54) is 4.31 Å². The predicted molar refractivity (Wildman–Crippen MR) is 117 cm³/mol. The Morgan fingerprint density at radius 2 is 1.73 bits per heavy atom. The van der Waals surface area contributed by atoms with Gasteiger partial charge in [-0.1, -0.05) is 30.7 Å². The summed E-state index contributed by atoms with van der Waals surface area (Å²) in [5.41, 5.74) is 2.33. The zero-order valence-corrected chi connectivity index (χ0v) is 18.5. The van der Waals surface area contributed by atoms with Crippen LogP contribution in [0.2, 0.25) is 0 Å². The number of fused-ring (bicyclic) bond motifs is 1. The van der Waals surface area contributed by atoms with Crippen molar-refractivity contribution >= 4 is 21.6 Å². The fourth-order valence-electron chi connectivity index (χ4n) is 3.47. The number of anilines is 1. The summed E-state index contributed by atoms with van der Waals surface area (Å²) < 4.78 is 37.4. The van der Waals surface area contributed by atoms with Crippen LogP contribution >= 0.6 is 0 Å². The van der Waals surface area contributed by atoms with E-state index in [-0.39, 0.29) is 11.9 Å². The Morgan fingerprint density at radius 3 is 2.33 bits per heavy atom. The van der Waals surface area contributed by atoms with Crippen LogP contribution in [0.3, 0.4) is 0 Å². The number of hydrogen-bond acceptors (Lipinski definition) is 5. The minimum atomic E-state index is -3.66. The lowest BCUT2D eigenvalue weighted by Gasteiger charge is -2.31. The van der Waals surface area contributed by atoms with Crippen LogP contribution in [0.25, 0.3) is 0 Å². The van der Waals surface area contributed by atoms with Crippen molar-refractivity contribution in [3.8, 4) is 11.5 Å². The summed E-state index contributed by atoms with van der Waals surface area (Å²) in [5, 5.41) is 2.95. The molecule has 0 spiro atoms. The standard InChI is InChI=1S/C22H28N2O5S/c1-5-19(24(30(4,26)27)18-9-6-15(2)7-10-18)22(25)23-16(3)17-8-11-20-21(14-17)29-13-12-28-20/h6-11,14,16,19H,5,12-13H2,1-4H3,(H,23,25)/t16-,19+/m0/s1. The van der Waals surface area contributed by atoms with Crippen LogP contribution in [0.4, 0.5) is 5.69 Å². The maximum absolute atomic E-state index is 13.1. The van der Waals surface area contributed by atoms with Crippen LogP contribution in [0.5, 0.6) is 11.5 Å². The first-order chi connectivity index (χ1) is 14.2. The van der Waals surface area contributed by atoms with Crippen LogP contribution in [0.1, 0.15) is 37.4 Å². The van der Waals surface area contributed by atoms with E-state index in [0.29, 0.717) is 36.8 Å². The molecule has 0 saturated heterocycles. The number of carbonyl (C=O) groups excluding carboxylic acids is 1. The summed E-state index contributed by atoms with van der Waals surface area (Å²) in [4.78, 5) is 13.1. The molecule has 2 aromatic carbocycles. The molecule has 2 atom stereocenters. The van der Waals surface area contributed by atoms with Gasteiger partial charge in [-0.2, -0.15) is 0 Å². The van der Waals surface area contributed by atoms with Gasteiger partial charge in [0.1, 0.15) is 19.3 Å². The maximum atomic E-state index is 13.1. The highest BCUT2D eigenvalue weighted by atomic mass is 32.2. The lowest BCUT2D eigenvalue weighted by atomic mass is 10.1. The molecule has 0 saturated carbocycles. The number of nitrogens with one attached hydrogen (secondary N) is 1. The third-order valence-corrected chi connectivity index (χ3v) is 6.22. The van der Waals surface area contributed by atoms with Gasteiger partial charge in [-0.3, -0.25) is 9.10 Å². The number of aryl methyl sites for hydroxylation is 1. The van der Waals surface area contributed by atoms with Gasteiger partial charge in [0, 0.05) is 0 Å². The Hall–Kier alpha value is -2.74. The molecule has 8 heteroatoms. The molecule has 0 unspecified atom stereocenters. The molecule has 1 aliphatic rings. The molecule has 2 aromatic rings. The maximum Gasteiger partial charge on any atom is 0.244 e. The molecule has 1 N–H and O–H groups in total. The van der Waals surface area contributed by atoms with E-state index < -0.39 is 16.1 Å². The number of amides is 1. The highest BCUT2D eigenvalue weighted by Crippen LogP contribution is 2.32. The zero-order chi connectivity index (χ0) is 21.9. The van der Waals surface area contributed by atoms with E-state index in [0.717, 1.165) is 17.4 Å². The summed E-state index contributed by atoms with van der Waals surface area (Å²) in [6.45, 7) is 6.57. The van der Waals surface area contributed by atoms with E-state index in [1.54, 1.807) is 19.1 Å². The third kappa shape index (κ3) is 4.87. The molecule has 1 amide bonds. The topological polar surface area (TPSA) is 84.9 Å². The number of hydrogen-bond donors (Lipinski definition) is 1. The molecule has 0 radical (unpaired) electrons. The molecular weight excluding hydrogens is 404 g/mol. The van der Waals surface area contributed by atoms with Gasteiger partial charge in [0.25, 0.3) is 0 Å². The van der Waals surface area contributed by atoms with Gasteiger partial charge in [-0.25, -0.2) is 8.42 Å². The summed E-state index contributed by atoms with van der Waals surface area (Å²) in [5.74, 6) is 0.966. The van der Waals surface area contributed by atoms with Crippen molar-refractivity contribution in [2.24, 2.45) is 0 Å². The number of nitrogens with zero attached hydrogens (tertiary/aromatic N) is 1. The number of benzene rings is 2. The van der Waals surface area contributed by atoms with Gasteiger partial charge in [0.2, 0.25) is 15.9 Å². The van der Waals surface area contributed by atoms with Crippen molar-refractivity contribution < 1.29 is 22.7 Å². The Morgan fingerprint density at radius 1 is 1.10 bits per heavy atom. The van der Waals surface area contributed by atoms with Crippen LogP contribution in [-0.2, 0) is 14.8 Å². The molecule has 0 fully saturated rings. The minimum Gasteiger partial charge on any atom is -0.486 e. The molecule has 1 aliphatic heterocycles. The normalized spacial score (nSPS) is 15.2. The number of sulfonamides is 1. The van der Waals surface area contributed by atoms with E-state index in [2.05, 4.69) is 5.32 Å². The van der Waals surface area contributed by atoms with Gasteiger partial charge in [0.05, 0.1) is 18.0 Å². The van der Waals surface area contributed by atoms with Gasteiger partial charge < -0.3 is 14.8 Å². The molecular formula is C22H28N2O5S. The Kier molecular flexibility index (Phi) is 6.55. The van der Waals surface area contributed by atoms with E-state index in [9.17, 15) is 13.2 Å². The quantitative estimate of drug-likeness (QED) is 0.726. The van der Waals surface area contributed by atoms with Crippen LogP contribution < -0.4 is 19.1 Å². The number of rotatable bonds is 7. The first-order valence-corrected chi connectivity index (χ1v) is 11.8. The fourth-order valence-corrected chi connectivity index (χ4v) is 4.69. The second-order valence-corrected chi connectivity index (χ2v) is 9.31. The Labute approximate surface area is 178 Å². The van der Waals surface area contributed by atoms with Crippen LogP contribution in [0, 0.1) is 6.92 Å². The monoisotopic (exact) mass is 432 g/mol. The largest absolute Gasteiger partial charge is 0.486 e. The van der Waals surface area contributed by atoms with Crippen molar-refractivity contribution in [2.75, 3.05) is 23.8 Å². The van der Waals surface area contributed by atoms with E-state index in [4.69, 9.17) is 9.47 Å². The summed E-state index contributed by atoms with van der Waals surface area (Å²) in [6, 6.07) is 11.4. The molecule has 0 aliphatic carbocycles. The fraction of sp³-hybridized carbons (Fsp3) is 0.409. The molecule has 0 aromatic heterocycles. The molecule has 3 rings (SSSR count). The average molecular weight is 433 g/mol. The lowest BCUT2D eigenvalue weighted by Crippen LogP contribution is -2.49. The zero-order valence-electron chi connectivity index (χ0n) is 17.7. The minimum absolute atomic E-state index is 0.332. The predicted octanol–water partition coefficient (Wildman–Crippen LogP) is 3.19. The Balaban J connectivity index is 1.82. The highest BCUT2D eigenvalue weighted by molar-refractivity contribution is 7.92. The average Bonchev–Trinajstić information content (AvgIpc) is 2.71. The molecule has 1 heterocycles. The summed E-state index contributed by atoms with van der Waals surface area (Å²) >= 11 is 0. The number of ether oxygens (including phenoxy) is 2. The third-order valence-electron chi connectivity index (χ3n) is 5.04. The van der Waals surface area contributed by atoms with Crippen LogP contribution in [0.15, 0.2) is 42.5 Å². The van der Waals surface area contributed by atoms with Crippen molar-refractivity contribution in [3.05, 3.63) is 53.6 Å². The van der Waals surface area contributed by atoms with Crippen molar-refractivity contribution in [2.45, 2.75) is 39.3 Å². The van der Waals surface area contributed by atoms with Crippen LogP contribution in [-0.4, -0.2) is 39.8 Å². The van der Waals surface area contributed by atoms with Crippen molar-refractivity contribution in [3.63, 3.8) is 0 Å². The van der Waals surface area contributed by atoms with E-state index >= 15 is 0 Å². The van der Waals surface area contributed by atoms with E-state index in [1.807, 2.05) is 44.2 Å². The lowest BCUT2D eigenvalue weighted by molar-refractivity contribution is -0.122. The Bertz CT molecular complexity index is 1000. The van der Waals surface area contributed by atoms with Gasteiger partial charge in [-0.15, -0.1) is 0 Å². The van der Waals surface area contributed by atoms with Gasteiger partial charge in [0.15, 0.2) is 11.5 Å². The summed E-state index contributed by atoms with van der Waals surface area (Å²) in [7, 11) is -3.66. The van der Waals surface area contributed by atoms with Gasteiger partial charge in [-0.05, 0) is 50.1 Å². The molecule has 0 bridgehead atoms. The van der Waals surface area contributed by atoms with Crippen molar-refractivity contribution in [1.29, 1.82) is 0 Å². The first kappa shape index (κ1) is 22.0.